The number of rotatable bonds is 1. The molecule has 0 saturated heterocycles. The molecule has 0 aromatic heterocycles. The van der Waals surface area contributed by atoms with Crippen molar-refractivity contribution < 1.29 is 4.79 Å². The van der Waals surface area contributed by atoms with Gasteiger partial charge in [-0.3, -0.25) is 4.79 Å². The van der Waals surface area contributed by atoms with Crippen LogP contribution in [0.1, 0.15) is 30.4 Å². The minimum Gasteiger partial charge on any atom is -0.398 e. The molecule has 100 valence electrons. The lowest BCUT2D eigenvalue weighted by atomic mass is 9.95. The summed E-state index contributed by atoms with van der Waals surface area (Å²) in [6, 6.07) is 6.06. The molecule has 1 aliphatic heterocycles. The average molecular weight is 256 g/mol. The number of hydrogen-bond acceptors (Lipinski definition) is 2. The molecule has 3 nitrogen and oxygen atoms in total. The first-order valence-corrected chi connectivity index (χ1v) is 7.37. The normalized spacial score (nSPS) is 31.8. The highest BCUT2D eigenvalue weighted by Gasteiger charge is 2.48. The summed E-state index contributed by atoms with van der Waals surface area (Å²) in [5.74, 6) is 2.45. The lowest BCUT2D eigenvalue weighted by Gasteiger charge is -2.31. The number of anilines is 1. The Bertz CT molecular complexity index is 530. The molecular formula is C16H20N2O. The third-order valence-electron chi connectivity index (χ3n) is 5.21. The van der Waals surface area contributed by atoms with Crippen molar-refractivity contribution in [3.8, 4) is 0 Å². The van der Waals surface area contributed by atoms with E-state index in [0.29, 0.717) is 11.8 Å². The number of carbonyl (C=O) groups is 1. The van der Waals surface area contributed by atoms with Gasteiger partial charge in [0, 0.05) is 24.7 Å². The van der Waals surface area contributed by atoms with Gasteiger partial charge in [-0.05, 0) is 54.7 Å². The van der Waals surface area contributed by atoms with E-state index in [-0.39, 0.29) is 0 Å². The van der Waals surface area contributed by atoms with E-state index in [1.165, 1.54) is 17.5 Å². The van der Waals surface area contributed by atoms with Gasteiger partial charge in [-0.2, -0.15) is 0 Å². The topological polar surface area (TPSA) is 46.3 Å². The van der Waals surface area contributed by atoms with E-state index in [1.807, 2.05) is 12.1 Å². The van der Waals surface area contributed by atoms with Crippen LogP contribution in [0.4, 0.5) is 5.69 Å². The summed E-state index contributed by atoms with van der Waals surface area (Å²) in [7, 11) is 0. The van der Waals surface area contributed by atoms with Gasteiger partial charge in [0.05, 0.1) is 0 Å². The van der Waals surface area contributed by atoms with Crippen LogP contribution in [0.2, 0.25) is 0 Å². The van der Waals surface area contributed by atoms with Crippen LogP contribution in [0.5, 0.6) is 0 Å². The molecule has 2 atom stereocenters. The Kier molecular flexibility index (Phi) is 2.38. The quantitative estimate of drug-likeness (QED) is 0.783. The van der Waals surface area contributed by atoms with Crippen molar-refractivity contribution in [3.63, 3.8) is 0 Å². The molecule has 2 fully saturated rings. The van der Waals surface area contributed by atoms with Crippen LogP contribution in [-0.4, -0.2) is 17.4 Å². The van der Waals surface area contributed by atoms with E-state index in [1.54, 1.807) is 0 Å². The fraction of sp³-hybridized carbons (Fsp3) is 0.562. The molecule has 3 heteroatoms. The summed E-state index contributed by atoms with van der Waals surface area (Å²) in [5, 5.41) is 0. The minimum atomic E-state index is 0.311. The Labute approximate surface area is 113 Å². The van der Waals surface area contributed by atoms with Crippen LogP contribution >= 0.6 is 0 Å². The maximum atomic E-state index is 12.6. The number of nitrogens with two attached hydrogens (primary N) is 1. The smallest absolute Gasteiger partial charge is 0.226 e. The summed E-state index contributed by atoms with van der Waals surface area (Å²) in [6.45, 7) is 1.59. The molecule has 19 heavy (non-hydrogen) atoms. The van der Waals surface area contributed by atoms with Crippen molar-refractivity contribution in [3.05, 3.63) is 29.3 Å². The molecule has 0 spiro atoms. The SMILES string of the molecule is Nc1cccc2c1CCN(C(=O)C1CC3CC3C1)C2. The van der Waals surface area contributed by atoms with Gasteiger partial charge in [0.2, 0.25) is 5.91 Å². The maximum absolute atomic E-state index is 12.6. The number of benzene rings is 1. The summed E-state index contributed by atoms with van der Waals surface area (Å²) in [6.07, 6.45) is 4.57. The Hall–Kier alpha value is -1.51. The van der Waals surface area contributed by atoms with Crippen LogP contribution in [0.15, 0.2) is 18.2 Å². The molecule has 0 radical (unpaired) electrons. The molecule has 1 heterocycles. The molecule has 2 N–H and O–H groups in total. The summed E-state index contributed by atoms with van der Waals surface area (Å²) >= 11 is 0. The lowest BCUT2D eigenvalue weighted by molar-refractivity contribution is -0.136. The zero-order chi connectivity index (χ0) is 13.0. The van der Waals surface area contributed by atoms with Gasteiger partial charge in [0.25, 0.3) is 0 Å². The first-order chi connectivity index (χ1) is 9.22. The molecule has 1 aromatic rings. The standard InChI is InChI=1S/C16H20N2O/c17-15-3-1-2-10-9-18(5-4-14(10)15)16(19)13-7-11-6-12(11)8-13/h1-3,11-13H,4-9,17H2. The summed E-state index contributed by atoms with van der Waals surface area (Å²) in [4.78, 5) is 14.6. The van der Waals surface area contributed by atoms with E-state index in [4.69, 9.17) is 5.73 Å². The van der Waals surface area contributed by atoms with Crippen LogP contribution in [0.3, 0.4) is 0 Å². The highest BCUT2D eigenvalue weighted by atomic mass is 16.2. The summed E-state index contributed by atoms with van der Waals surface area (Å²) in [5.41, 5.74) is 9.38. The van der Waals surface area contributed by atoms with Crippen molar-refractivity contribution in [1.82, 2.24) is 4.90 Å². The maximum Gasteiger partial charge on any atom is 0.226 e. The number of carbonyl (C=O) groups excluding carboxylic acids is 1. The van der Waals surface area contributed by atoms with Gasteiger partial charge in [0.1, 0.15) is 0 Å². The van der Waals surface area contributed by atoms with Crippen molar-refractivity contribution >= 4 is 11.6 Å². The van der Waals surface area contributed by atoms with Crippen LogP contribution in [0, 0.1) is 17.8 Å². The first-order valence-electron chi connectivity index (χ1n) is 7.37. The van der Waals surface area contributed by atoms with E-state index < -0.39 is 0 Å². The third kappa shape index (κ3) is 1.83. The second-order valence-electron chi connectivity index (χ2n) is 6.42. The van der Waals surface area contributed by atoms with Gasteiger partial charge in [-0.25, -0.2) is 0 Å². The summed E-state index contributed by atoms with van der Waals surface area (Å²) < 4.78 is 0. The molecule has 3 aliphatic rings. The number of fused-ring (bicyclic) bond motifs is 2. The van der Waals surface area contributed by atoms with Crippen LogP contribution in [0.25, 0.3) is 0 Å². The largest absolute Gasteiger partial charge is 0.398 e. The Morgan fingerprint density at radius 2 is 2.00 bits per heavy atom. The van der Waals surface area contributed by atoms with Crippen molar-refractivity contribution in [2.75, 3.05) is 12.3 Å². The molecule has 1 amide bonds. The molecule has 0 bridgehead atoms. The minimum absolute atomic E-state index is 0.311. The number of amides is 1. The monoisotopic (exact) mass is 256 g/mol. The zero-order valence-electron chi connectivity index (χ0n) is 11.1. The van der Waals surface area contributed by atoms with Gasteiger partial charge in [-0.15, -0.1) is 0 Å². The van der Waals surface area contributed by atoms with Gasteiger partial charge in [-0.1, -0.05) is 12.1 Å². The van der Waals surface area contributed by atoms with E-state index >= 15 is 0 Å². The van der Waals surface area contributed by atoms with E-state index in [9.17, 15) is 4.79 Å². The number of nitrogen functional groups attached to an aromatic ring is 1. The van der Waals surface area contributed by atoms with Crippen molar-refractivity contribution in [1.29, 1.82) is 0 Å². The van der Waals surface area contributed by atoms with Crippen LogP contribution in [-0.2, 0) is 17.8 Å². The lowest BCUT2D eigenvalue weighted by Crippen LogP contribution is -2.39. The second-order valence-corrected chi connectivity index (χ2v) is 6.42. The van der Waals surface area contributed by atoms with Gasteiger partial charge >= 0.3 is 0 Å². The Morgan fingerprint density at radius 1 is 1.21 bits per heavy atom. The fourth-order valence-electron chi connectivity index (χ4n) is 4.00. The zero-order valence-corrected chi connectivity index (χ0v) is 11.1. The van der Waals surface area contributed by atoms with E-state index in [0.717, 1.165) is 49.9 Å². The van der Waals surface area contributed by atoms with Gasteiger partial charge < -0.3 is 10.6 Å². The highest BCUT2D eigenvalue weighted by molar-refractivity contribution is 5.80. The number of nitrogens with zero attached hydrogens (tertiary/aromatic N) is 1. The van der Waals surface area contributed by atoms with E-state index in [2.05, 4.69) is 11.0 Å². The predicted molar refractivity (Wildman–Crippen MR) is 74.3 cm³/mol. The predicted octanol–water partition coefficient (Wildman–Crippen LogP) is 2.20. The molecule has 4 rings (SSSR count). The van der Waals surface area contributed by atoms with Crippen molar-refractivity contribution in [2.24, 2.45) is 17.8 Å². The molecule has 2 saturated carbocycles. The molecule has 2 aliphatic carbocycles. The Morgan fingerprint density at radius 3 is 2.79 bits per heavy atom. The second kappa shape index (κ2) is 3.99. The van der Waals surface area contributed by atoms with Gasteiger partial charge in [0.15, 0.2) is 0 Å². The number of hydrogen-bond donors (Lipinski definition) is 1. The first kappa shape index (κ1) is 11.3. The molecule has 1 aromatic carbocycles. The third-order valence-corrected chi connectivity index (χ3v) is 5.21. The molecular weight excluding hydrogens is 236 g/mol. The van der Waals surface area contributed by atoms with Crippen molar-refractivity contribution in [2.45, 2.75) is 32.2 Å². The van der Waals surface area contributed by atoms with Crippen LogP contribution < -0.4 is 5.73 Å². The molecule has 2 unspecified atom stereocenters. The fourth-order valence-corrected chi connectivity index (χ4v) is 4.00. The highest BCUT2D eigenvalue weighted by Crippen LogP contribution is 2.54. The Balaban J connectivity index is 1.50. The average Bonchev–Trinajstić information content (AvgIpc) is 3.04.